The fourth-order valence-corrected chi connectivity index (χ4v) is 11.7. The lowest BCUT2D eigenvalue weighted by Crippen LogP contribution is -2.54. The molecule has 69 heavy (non-hydrogen) atoms. The van der Waals surface area contributed by atoms with Crippen molar-refractivity contribution in [2.24, 2.45) is 11.7 Å². The third kappa shape index (κ3) is 12.1. The van der Waals surface area contributed by atoms with Crippen molar-refractivity contribution in [3.05, 3.63) is 176 Å². The topological polar surface area (TPSA) is 102 Å². The third-order valence-corrected chi connectivity index (χ3v) is 20.4. The van der Waals surface area contributed by atoms with E-state index in [1.165, 1.54) is 30.4 Å². The molecule has 5 aromatic carbocycles. The Hall–Kier alpha value is -4.77. The highest BCUT2D eigenvalue weighted by Crippen LogP contribution is 2.46. The zero-order chi connectivity index (χ0) is 49.5. The monoisotopic (exact) mass is 987 g/mol. The maximum Gasteiger partial charge on any atom is 0.308 e. The molecule has 0 bridgehead atoms. The molecule has 5 aromatic rings. The Morgan fingerprint density at radius 1 is 0.754 bits per heavy atom. The highest BCUT2D eigenvalue weighted by atomic mass is 35.5. The van der Waals surface area contributed by atoms with Crippen molar-refractivity contribution in [3.8, 4) is 0 Å². The molecule has 1 saturated carbocycles. The van der Waals surface area contributed by atoms with Crippen LogP contribution in [0.2, 0.25) is 28.2 Å². The summed E-state index contributed by atoms with van der Waals surface area (Å²) in [6.45, 7) is 11.0. The van der Waals surface area contributed by atoms with Crippen LogP contribution in [-0.4, -0.2) is 75.2 Å². The van der Waals surface area contributed by atoms with Crippen LogP contribution in [0, 0.1) is 5.92 Å². The van der Waals surface area contributed by atoms with Gasteiger partial charge in [-0.15, -0.1) is 0 Å². The number of fused-ring (bicyclic) bond motifs is 1. The highest BCUT2D eigenvalue weighted by molar-refractivity contribution is 6.74. The van der Waals surface area contributed by atoms with Crippen molar-refractivity contribution in [1.29, 1.82) is 0 Å². The molecule has 0 saturated heterocycles. The molecule has 7 rings (SSSR count). The summed E-state index contributed by atoms with van der Waals surface area (Å²) in [5, 5.41) is 1.01. The molecular formula is C58H71Cl2N3O5Si. The largest absolute Gasteiger partial charge is 0.444 e. The average molecular weight is 989 g/mol. The number of carbonyl (C=O) groups excluding carboxylic acids is 3. The SMILES string of the molecule is CN(C[C@@H](Cc1ccc(Cl)cc1)N(C)C(=O)[C@@H](N)CO[Si](C)(C)C(C)(C)C)C(=O)[C@@H](CC(=O)OC(c1ccccc1)(c1ccc(C2CCCCC2)cc1)c1ccccc1Cl)[C@@H]1CCc2ccccc21. The molecule has 5 atom stereocenters. The number of hydrogen-bond donors (Lipinski definition) is 1. The van der Waals surface area contributed by atoms with Crippen LogP contribution in [0.3, 0.4) is 0 Å². The number of nitrogens with two attached hydrogens (primary N) is 1. The molecule has 0 radical (unpaired) electrons. The van der Waals surface area contributed by atoms with Gasteiger partial charge in [0.1, 0.15) is 6.04 Å². The maximum atomic E-state index is 15.4. The first kappa shape index (κ1) is 52.1. The number of ether oxygens (including phenoxy) is 1. The maximum absolute atomic E-state index is 15.4. The van der Waals surface area contributed by atoms with Gasteiger partial charge < -0.3 is 24.7 Å². The van der Waals surface area contributed by atoms with Crippen LogP contribution < -0.4 is 5.73 Å². The van der Waals surface area contributed by atoms with Gasteiger partial charge in [0.15, 0.2) is 13.9 Å². The van der Waals surface area contributed by atoms with Crippen molar-refractivity contribution in [2.75, 3.05) is 27.2 Å². The summed E-state index contributed by atoms with van der Waals surface area (Å²) in [5.74, 6) is -1.55. The first-order chi connectivity index (χ1) is 32.9. The predicted octanol–water partition coefficient (Wildman–Crippen LogP) is 12.5. The zero-order valence-electron chi connectivity index (χ0n) is 41.6. The fourth-order valence-electron chi connectivity index (χ4n) is 10.2. The summed E-state index contributed by atoms with van der Waals surface area (Å²) in [5.41, 5.74) is 11.8. The number of aryl methyl sites for hydroxylation is 1. The molecule has 2 N–H and O–H groups in total. The standard InChI is InChI=1S/C58H71Cl2N3O5Si/c1-57(2,3)69(6,7)67-39-53(61)56(66)63(5)47(36-40-26-33-46(59)34-27-40)38-62(4)55(65)50(49-35-30-43-20-14-15-23-48(43)49)37-54(64)68-58(44-21-12-9-13-22-44,51-24-16-17-25-52(51)60)45-31-28-42(29-32-45)41-18-10-8-11-19-41/h9,12-17,20-29,31-34,41,47,49-50,53H,8,10-11,18-19,30,35-39,61H2,1-7H3/t47-,49-,50+,53+,58?/m1/s1. The van der Waals surface area contributed by atoms with Gasteiger partial charge in [0.05, 0.1) is 25.0 Å². The van der Waals surface area contributed by atoms with Crippen molar-refractivity contribution in [2.45, 2.75) is 126 Å². The van der Waals surface area contributed by atoms with Gasteiger partial charge in [0.25, 0.3) is 0 Å². The Morgan fingerprint density at radius 2 is 1.38 bits per heavy atom. The van der Waals surface area contributed by atoms with Crippen LogP contribution in [-0.2, 0) is 42.0 Å². The summed E-state index contributed by atoms with van der Waals surface area (Å²) in [6.07, 6.45) is 7.75. The fraction of sp³-hybridized carbons (Fsp3) is 0.431. The third-order valence-electron chi connectivity index (χ3n) is 15.4. The molecule has 0 aromatic heterocycles. The minimum atomic E-state index is -2.19. The number of esters is 1. The summed E-state index contributed by atoms with van der Waals surface area (Å²) < 4.78 is 13.4. The van der Waals surface area contributed by atoms with E-state index in [-0.39, 0.29) is 42.3 Å². The second-order valence-electron chi connectivity index (χ2n) is 20.9. The number of halogens is 2. The van der Waals surface area contributed by atoms with Gasteiger partial charge in [0.2, 0.25) is 11.8 Å². The van der Waals surface area contributed by atoms with E-state index in [9.17, 15) is 4.79 Å². The van der Waals surface area contributed by atoms with E-state index < -0.39 is 37.9 Å². The van der Waals surface area contributed by atoms with E-state index in [0.29, 0.717) is 34.4 Å². The van der Waals surface area contributed by atoms with Gasteiger partial charge in [0, 0.05) is 47.4 Å². The predicted molar refractivity (Wildman–Crippen MR) is 282 cm³/mol. The zero-order valence-corrected chi connectivity index (χ0v) is 44.1. The molecule has 0 spiro atoms. The van der Waals surface area contributed by atoms with Crippen LogP contribution in [0.25, 0.3) is 0 Å². The lowest BCUT2D eigenvalue weighted by atomic mass is 9.78. The van der Waals surface area contributed by atoms with E-state index in [2.05, 4.69) is 70.3 Å². The second-order valence-corrected chi connectivity index (χ2v) is 26.6. The van der Waals surface area contributed by atoms with E-state index in [1.54, 1.807) is 23.9 Å². The van der Waals surface area contributed by atoms with Gasteiger partial charge in [-0.3, -0.25) is 14.4 Å². The van der Waals surface area contributed by atoms with Crippen molar-refractivity contribution >= 4 is 49.3 Å². The molecule has 2 amide bonds. The molecule has 2 aliphatic carbocycles. The van der Waals surface area contributed by atoms with Gasteiger partial charge in [-0.05, 0) is 103 Å². The number of nitrogens with zero attached hydrogens (tertiary/aromatic N) is 2. The van der Waals surface area contributed by atoms with E-state index >= 15 is 9.59 Å². The lowest BCUT2D eigenvalue weighted by molar-refractivity contribution is -0.157. The Morgan fingerprint density at radius 3 is 2.04 bits per heavy atom. The molecule has 0 heterocycles. The Bertz CT molecular complexity index is 2530. The van der Waals surface area contributed by atoms with Gasteiger partial charge in [-0.1, -0.05) is 172 Å². The van der Waals surface area contributed by atoms with Crippen LogP contribution in [0.15, 0.2) is 127 Å². The molecule has 8 nitrogen and oxygen atoms in total. The van der Waals surface area contributed by atoms with Crippen molar-refractivity contribution < 1.29 is 23.5 Å². The number of amides is 2. The molecule has 366 valence electrons. The summed E-state index contributed by atoms with van der Waals surface area (Å²) in [6, 6.07) is 40.2. The minimum Gasteiger partial charge on any atom is -0.444 e. The van der Waals surface area contributed by atoms with Gasteiger partial charge in [-0.2, -0.15) is 0 Å². The van der Waals surface area contributed by atoms with E-state index in [0.717, 1.165) is 41.5 Å². The van der Waals surface area contributed by atoms with Crippen LogP contribution in [0.4, 0.5) is 0 Å². The van der Waals surface area contributed by atoms with Crippen LogP contribution >= 0.6 is 23.2 Å². The minimum absolute atomic E-state index is 0.0535. The second kappa shape index (κ2) is 22.5. The normalized spacial score (nSPS) is 17.5. The quantitative estimate of drug-likeness (QED) is 0.0533. The highest BCUT2D eigenvalue weighted by Gasteiger charge is 2.45. The average Bonchev–Trinajstić information content (AvgIpc) is 3.78. The summed E-state index contributed by atoms with van der Waals surface area (Å²) >= 11 is 13.4. The molecule has 1 fully saturated rings. The van der Waals surface area contributed by atoms with Crippen molar-refractivity contribution in [3.63, 3.8) is 0 Å². The molecular weight excluding hydrogens is 918 g/mol. The number of carbonyl (C=O) groups is 3. The van der Waals surface area contributed by atoms with E-state index in [4.69, 9.17) is 38.1 Å². The smallest absolute Gasteiger partial charge is 0.308 e. The van der Waals surface area contributed by atoms with Crippen LogP contribution in [0.5, 0.6) is 0 Å². The number of benzene rings is 5. The number of rotatable bonds is 18. The Labute approximate surface area is 422 Å². The summed E-state index contributed by atoms with van der Waals surface area (Å²) in [7, 11) is 1.32. The van der Waals surface area contributed by atoms with Crippen LogP contribution in [0.1, 0.15) is 116 Å². The molecule has 11 heteroatoms. The summed E-state index contributed by atoms with van der Waals surface area (Å²) in [4.78, 5) is 48.2. The lowest BCUT2D eigenvalue weighted by Gasteiger charge is -2.38. The van der Waals surface area contributed by atoms with Gasteiger partial charge >= 0.3 is 5.97 Å². The van der Waals surface area contributed by atoms with Crippen molar-refractivity contribution in [1.82, 2.24) is 9.80 Å². The number of hydrogen-bond acceptors (Lipinski definition) is 6. The first-order valence-corrected chi connectivity index (χ1v) is 28.4. The molecule has 2 aliphatic rings. The van der Waals surface area contributed by atoms with E-state index in [1.807, 2.05) is 91.0 Å². The Balaban J connectivity index is 1.22. The van der Waals surface area contributed by atoms with Gasteiger partial charge in [-0.25, -0.2) is 0 Å². The molecule has 1 unspecified atom stereocenters. The number of likely N-dealkylation sites (N-methyl/N-ethyl adjacent to an activating group) is 2. The Kier molecular flexibility index (Phi) is 17.0. The first-order valence-electron chi connectivity index (χ1n) is 24.8. The molecule has 0 aliphatic heterocycles.